The van der Waals surface area contributed by atoms with Crippen LogP contribution in [0.5, 0.6) is 0 Å². The lowest BCUT2D eigenvalue weighted by Gasteiger charge is -2.07. The lowest BCUT2D eigenvalue weighted by atomic mass is 10.2. The summed E-state index contributed by atoms with van der Waals surface area (Å²) in [6.45, 7) is 0. The fourth-order valence-electron chi connectivity index (χ4n) is 2.29. The van der Waals surface area contributed by atoms with Crippen molar-refractivity contribution in [1.29, 1.82) is 0 Å². The van der Waals surface area contributed by atoms with Gasteiger partial charge >= 0.3 is 0 Å². The molecule has 0 spiro atoms. The molecular formula is C18H17N3O2S. The minimum Gasteiger partial charge on any atom is -0.322 e. The zero-order chi connectivity index (χ0) is 16.9. The Labute approximate surface area is 142 Å². The van der Waals surface area contributed by atoms with Crippen molar-refractivity contribution in [2.24, 2.45) is 7.05 Å². The number of anilines is 1. The van der Waals surface area contributed by atoms with Crippen molar-refractivity contribution < 1.29 is 9.00 Å². The summed E-state index contributed by atoms with van der Waals surface area (Å²) in [5.74, 6) is 0.185. The number of nitrogens with zero attached hydrogens (tertiary/aromatic N) is 2. The number of carbonyl (C=O) groups is 1. The first-order valence-electron chi connectivity index (χ1n) is 7.44. The molecule has 1 heterocycles. The Morgan fingerprint density at radius 3 is 2.67 bits per heavy atom. The first kappa shape index (κ1) is 16.1. The molecule has 2 aromatic carbocycles. The molecule has 3 rings (SSSR count). The maximum Gasteiger partial charge on any atom is 0.258 e. The first-order chi connectivity index (χ1) is 11.6. The van der Waals surface area contributed by atoms with Gasteiger partial charge in [-0.15, -0.1) is 0 Å². The molecule has 0 bridgehead atoms. The van der Waals surface area contributed by atoms with Crippen molar-refractivity contribution in [2.45, 2.75) is 10.6 Å². The largest absolute Gasteiger partial charge is 0.322 e. The monoisotopic (exact) mass is 339 g/mol. The van der Waals surface area contributed by atoms with E-state index in [4.69, 9.17) is 0 Å². The van der Waals surface area contributed by atoms with Gasteiger partial charge in [-0.05, 0) is 29.8 Å². The topological polar surface area (TPSA) is 64.0 Å². The van der Waals surface area contributed by atoms with Gasteiger partial charge in [0.15, 0.2) is 0 Å². The number of benzene rings is 2. The number of carbonyl (C=O) groups excluding carboxylic acids is 1. The summed E-state index contributed by atoms with van der Waals surface area (Å²) in [5.41, 5.74) is 2.07. The van der Waals surface area contributed by atoms with E-state index < -0.39 is 10.8 Å². The molecule has 0 unspecified atom stereocenters. The second-order valence-electron chi connectivity index (χ2n) is 5.36. The fourth-order valence-corrected chi connectivity index (χ4v) is 3.40. The van der Waals surface area contributed by atoms with Gasteiger partial charge in [0, 0.05) is 23.8 Å². The van der Waals surface area contributed by atoms with E-state index in [9.17, 15) is 9.00 Å². The lowest BCUT2D eigenvalue weighted by molar-refractivity contribution is 0.102. The third-order valence-electron chi connectivity index (χ3n) is 3.46. The Kier molecular flexibility index (Phi) is 4.86. The van der Waals surface area contributed by atoms with Gasteiger partial charge in [-0.3, -0.25) is 13.7 Å². The Balaban J connectivity index is 1.70. The van der Waals surface area contributed by atoms with E-state index in [1.54, 1.807) is 17.9 Å². The van der Waals surface area contributed by atoms with E-state index in [0.717, 1.165) is 10.5 Å². The maximum absolute atomic E-state index is 12.4. The van der Waals surface area contributed by atoms with Crippen molar-refractivity contribution in [2.75, 3.05) is 5.32 Å². The molecule has 5 nitrogen and oxygen atoms in total. The minimum atomic E-state index is -1.11. The summed E-state index contributed by atoms with van der Waals surface area (Å²) in [5, 5.41) is 6.82. The Bertz CT molecular complexity index is 875. The van der Waals surface area contributed by atoms with Crippen molar-refractivity contribution in [1.82, 2.24) is 9.78 Å². The molecule has 0 aliphatic carbocycles. The van der Waals surface area contributed by atoms with Crippen molar-refractivity contribution >= 4 is 22.4 Å². The van der Waals surface area contributed by atoms with Crippen LogP contribution in [0.1, 0.15) is 15.9 Å². The summed E-state index contributed by atoms with van der Waals surface area (Å²) in [4.78, 5) is 13.0. The number of rotatable bonds is 5. The van der Waals surface area contributed by atoms with E-state index >= 15 is 0 Å². The Morgan fingerprint density at radius 2 is 1.96 bits per heavy atom. The summed E-state index contributed by atoms with van der Waals surface area (Å²) in [6, 6.07) is 16.7. The van der Waals surface area contributed by atoms with E-state index in [1.165, 1.54) is 6.20 Å². The third kappa shape index (κ3) is 3.97. The lowest BCUT2D eigenvalue weighted by Crippen LogP contribution is -2.11. The number of hydrogen-bond acceptors (Lipinski definition) is 3. The van der Waals surface area contributed by atoms with Crippen molar-refractivity contribution in [3.8, 4) is 0 Å². The fraction of sp³-hybridized carbons (Fsp3) is 0.111. The quantitative estimate of drug-likeness (QED) is 0.777. The number of nitrogens with one attached hydrogen (secondary N) is 1. The summed E-state index contributed by atoms with van der Waals surface area (Å²) in [7, 11) is 0.646. The van der Waals surface area contributed by atoms with Crippen LogP contribution in [0.15, 0.2) is 71.9 Å². The molecule has 0 fully saturated rings. The van der Waals surface area contributed by atoms with E-state index in [-0.39, 0.29) is 5.91 Å². The van der Waals surface area contributed by atoms with Crippen LogP contribution in [-0.4, -0.2) is 19.9 Å². The van der Waals surface area contributed by atoms with Crippen LogP contribution in [0.3, 0.4) is 0 Å². The smallest absolute Gasteiger partial charge is 0.258 e. The van der Waals surface area contributed by atoms with Crippen LogP contribution in [0, 0.1) is 0 Å². The van der Waals surface area contributed by atoms with Crippen molar-refractivity contribution in [3.63, 3.8) is 0 Å². The highest BCUT2D eigenvalue weighted by Crippen LogP contribution is 2.16. The molecule has 3 aromatic rings. The highest BCUT2D eigenvalue weighted by atomic mass is 32.2. The van der Waals surface area contributed by atoms with Gasteiger partial charge in [0.1, 0.15) is 0 Å². The SMILES string of the molecule is Cn1cc(C(=O)Nc2cccc(C[S@@](=O)c3ccccc3)c2)cn1. The van der Waals surface area contributed by atoms with Gasteiger partial charge in [-0.25, -0.2) is 0 Å². The second-order valence-corrected chi connectivity index (χ2v) is 6.81. The minimum absolute atomic E-state index is 0.218. The number of aromatic nitrogens is 2. The Hall–Kier alpha value is -2.73. The molecule has 1 aromatic heterocycles. The average Bonchev–Trinajstić information content (AvgIpc) is 3.02. The highest BCUT2D eigenvalue weighted by molar-refractivity contribution is 7.84. The van der Waals surface area contributed by atoms with E-state index in [1.807, 2.05) is 54.6 Å². The molecule has 6 heteroatoms. The number of amides is 1. The second kappa shape index (κ2) is 7.23. The molecule has 24 heavy (non-hydrogen) atoms. The van der Waals surface area contributed by atoms with Gasteiger partial charge in [0.05, 0.1) is 28.3 Å². The number of hydrogen-bond donors (Lipinski definition) is 1. The van der Waals surface area contributed by atoms with E-state index in [0.29, 0.717) is 17.0 Å². The molecule has 1 atom stereocenters. The van der Waals surface area contributed by atoms with Crippen molar-refractivity contribution in [3.05, 3.63) is 78.1 Å². The van der Waals surface area contributed by atoms with Crippen LogP contribution in [0.4, 0.5) is 5.69 Å². The molecule has 0 aliphatic heterocycles. The molecule has 0 radical (unpaired) electrons. The zero-order valence-corrected chi connectivity index (χ0v) is 14.0. The number of aryl methyl sites for hydroxylation is 1. The van der Waals surface area contributed by atoms with Gasteiger partial charge in [0.2, 0.25) is 0 Å². The molecule has 0 saturated heterocycles. The molecule has 0 saturated carbocycles. The van der Waals surface area contributed by atoms with Gasteiger partial charge in [-0.1, -0.05) is 30.3 Å². The van der Waals surface area contributed by atoms with Gasteiger partial charge in [-0.2, -0.15) is 5.10 Å². The normalized spacial score (nSPS) is 11.9. The average molecular weight is 339 g/mol. The summed E-state index contributed by atoms with van der Waals surface area (Å²) >= 11 is 0. The molecule has 1 amide bonds. The van der Waals surface area contributed by atoms with E-state index in [2.05, 4.69) is 10.4 Å². The predicted octanol–water partition coefficient (Wildman–Crippen LogP) is 2.98. The standard InChI is InChI=1S/C18H17N3O2S/c1-21-12-15(11-19-21)18(22)20-16-7-5-6-14(10-16)13-24(23)17-8-3-2-4-9-17/h2-12H,13H2,1H3,(H,20,22)/t24-/m1/s1. The zero-order valence-electron chi connectivity index (χ0n) is 13.2. The third-order valence-corrected chi connectivity index (χ3v) is 4.85. The van der Waals surface area contributed by atoms with Crippen LogP contribution in [-0.2, 0) is 23.6 Å². The van der Waals surface area contributed by atoms with Gasteiger partial charge in [0.25, 0.3) is 5.91 Å². The van der Waals surface area contributed by atoms with Crippen LogP contribution in [0.2, 0.25) is 0 Å². The van der Waals surface area contributed by atoms with Gasteiger partial charge < -0.3 is 5.32 Å². The molecule has 122 valence electrons. The van der Waals surface area contributed by atoms with Crippen LogP contribution >= 0.6 is 0 Å². The summed E-state index contributed by atoms with van der Waals surface area (Å²) in [6.07, 6.45) is 3.17. The maximum atomic E-state index is 12.4. The molecule has 1 N–H and O–H groups in total. The Morgan fingerprint density at radius 1 is 1.17 bits per heavy atom. The van der Waals surface area contributed by atoms with Crippen LogP contribution < -0.4 is 5.32 Å². The highest BCUT2D eigenvalue weighted by Gasteiger charge is 2.09. The molecular weight excluding hydrogens is 322 g/mol. The predicted molar refractivity (Wildman–Crippen MR) is 94.2 cm³/mol. The first-order valence-corrected chi connectivity index (χ1v) is 8.76. The molecule has 0 aliphatic rings. The summed E-state index contributed by atoms with van der Waals surface area (Å²) < 4.78 is 14.0. The van der Waals surface area contributed by atoms with Crippen LogP contribution in [0.25, 0.3) is 0 Å².